The third kappa shape index (κ3) is 3.26. The number of amides is 1. The Morgan fingerprint density at radius 1 is 0.966 bits per heavy atom. The number of carbonyl (C=O) groups excluding carboxylic acids is 1. The molecule has 0 radical (unpaired) electrons. The summed E-state index contributed by atoms with van der Waals surface area (Å²) in [6.45, 7) is 0. The van der Waals surface area contributed by atoms with Crippen LogP contribution in [-0.4, -0.2) is 15.4 Å². The van der Waals surface area contributed by atoms with Gasteiger partial charge in [0.25, 0.3) is 5.24 Å². The maximum absolute atomic E-state index is 12.5. The van der Waals surface area contributed by atoms with Crippen molar-refractivity contribution < 1.29 is 9.32 Å². The first-order chi connectivity index (χ1) is 14.2. The summed E-state index contributed by atoms with van der Waals surface area (Å²) in [6, 6.07) is 25.2. The maximum atomic E-state index is 12.5. The molecule has 0 aliphatic carbocycles. The number of thiocarbonyl (C=S) groups is 1. The van der Waals surface area contributed by atoms with E-state index in [9.17, 15) is 4.79 Å². The molecular weight excluding hydrogens is 400 g/mol. The number of benzene rings is 3. The molecule has 1 aromatic heterocycles. The van der Waals surface area contributed by atoms with E-state index in [1.54, 1.807) is 4.90 Å². The number of hydrogen-bond acceptors (Lipinski definition) is 5. The Morgan fingerprint density at radius 3 is 2.45 bits per heavy atom. The first-order valence-electron chi connectivity index (χ1n) is 8.98. The number of thioether (sulfide) groups is 1. The number of fused-ring (bicyclic) bond motifs is 1. The Morgan fingerprint density at radius 2 is 1.69 bits per heavy atom. The summed E-state index contributed by atoms with van der Waals surface area (Å²) >= 11 is 6.73. The molecule has 1 aliphatic rings. The van der Waals surface area contributed by atoms with Crippen molar-refractivity contribution >= 4 is 56.9 Å². The molecule has 140 valence electrons. The Kier molecular flexibility index (Phi) is 4.50. The van der Waals surface area contributed by atoms with Crippen LogP contribution in [0.2, 0.25) is 0 Å². The van der Waals surface area contributed by atoms with Gasteiger partial charge in [-0.2, -0.15) is 0 Å². The van der Waals surface area contributed by atoms with Gasteiger partial charge in [0.05, 0.1) is 16.0 Å². The number of carbonyl (C=O) groups is 1. The first-order valence-corrected chi connectivity index (χ1v) is 10.2. The van der Waals surface area contributed by atoms with Crippen molar-refractivity contribution in [2.45, 2.75) is 0 Å². The normalized spacial score (nSPS) is 15.6. The van der Waals surface area contributed by atoms with Gasteiger partial charge in [-0.25, -0.2) is 0 Å². The van der Waals surface area contributed by atoms with E-state index in [1.807, 2.05) is 84.9 Å². The van der Waals surface area contributed by atoms with E-state index >= 15 is 0 Å². The fourth-order valence-corrected chi connectivity index (χ4v) is 4.55. The van der Waals surface area contributed by atoms with Crippen molar-refractivity contribution in [2.24, 2.45) is 0 Å². The highest BCUT2D eigenvalue weighted by Crippen LogP contribution is 2.37. The minimum atomic E-state index is -0.0940. The van der Waals surface area contributed by atoms with Gasteiger partial charge in [-0.3, -0.25) is 9.69 Å². The van der Waals surface area contributed by atoms with Crippen LogP contribution in [0.4, 0.5) is 10.5 Å². The SMILES string of the molecule is O=C1S/C(=C\c2ccc3noc(-c4ccccc4)c3c2)C(=S)N1c1ccccc1. The number of para-hydroxylation sites is 1. The quantitative estimate of drug-likeness (QED) is 0.281. The van der Waals surface area contributed by atoms with Crippen LogP contribution in [0.15, 0.2) is 88.3 Å². The maximum Gasteiger partial charge on any atom is 0.296 e. The topological polar surface area (TPSA) is 46.3 Å². The molecule has 0 unspecified atom stereocenters. The summed E-state index contributed by atoms with van der Waals surface area (Å²) in [7, 11) is 0. The standard InChI is InChI=1S/C23H14N2O2S2/c26-23-25(17-9-5-2-6-10-17)22(28)20(29-23)14-15-11-12-19-18(13-15)21(27-24-19)16-7-3-1-4-8-16/h1-14H/b20-14-. The van der Waals surface area contributed by atoms with E-state index < -0.39 is 0 Å². The zero-order valence-corrected chi connectivity index (χ0v) is 16.7. The van der Waals surface area contributed by atoms with Gasteiger partial charge in [-0.15, -0.1) is 0 Å². The van der Waals surface area contributed by atoms with Crippen molar-refractivity contribution in [1.82, 2.24) is 5.16 Å². The monoisotopic (exact) mass is 414 g/mol. The minimum Gasteiger partial charge on any atom is -0.355 e. The minimum absolute atomic E-state index is 0.0940. The molecule has 3 aromatic carbocycles. The molecule has 2 heterocycles. The van der Waals surface area contributed by atoms with E-state index in [1.165, 1.54) is 0 Å². The molecule has 1 saturated heterocycles. The number of hydrogen-bond donors (Lipinski definition) is 0. The van der Waals surface area contributed by atoms with E-state index in [0.717, 1.165) is 50.1 Å². The van der Waals surface area contributed by atoms with Crippen molar-refractivity contribution in [3.63, 3.8) is 0 Å². The van der Waals surface area contributed by atoms with Crippen LogP contribution in [0.25, 0.3) is 28.3 Å². The second-order valence-electron chi connectivity index (χ2n) is 6.51. The van der Waals surface area contributed by atoms with E-state index in [2.05, 4.69) is 5.16 Å². The molecule has 1 fully saturated rings. The predicted octanol–water partition coefficient (Wildman–Crippen LogP) is 6.54. The van der Waals surface area contributed by atoms with Crippen molar-refractivity contribution in [3.05, 3.63) is 89.3 Å². The third-order valence-electron chi connectivity index (χ3n) is 4.64. The number of aromatic nitrogens is 1. The smallest absolute Gasteiger partial charge is 0.296 e. The van der Waals surface area contributed by atoms with Gasteiger partial charge in [0.1, 0.15) is 10.5 Å². The molecule has 0 saturated carbocycles. The van der Waals surface area contributed by atoms with E-state index in [-0.39, 0.29) is 5.24 Å². The lowest BCUT2D eigenvalue weighted by Crippen LogP contribution is -2.26. The molecule has 5 rings (SSSR count). The van der Waals surface area contributed by atoms with Crippen molar-refractivity contribution in [2.75, 3.05) is 4.90 Å². The first kappa shape index (κ1) is 17.8. The van der Waals surface area contributed by atoms with Crippen molar-refractivity contribution in [3.8, 4) is 11.3 Å². The molecule has 0 bridgehead atoms. The van der Waals surface area contributed by atoms with Crippen LogP contribution in [-0.2, 0) is 0 Å². The molecule has 4 nitrogen and oxygen atoms in total. The lowest BCUT2D eigenvalue weighted by atomic mass is 10.1. The van der Waals surface area contributed by atoms with Gasteiger partial charge < -0.3 is 4.52 Å². The van der Waals surface area contributed by atoms with Gasteiger partial charge in [-0.05, 0) is 47.7 Å². The summed E-state index contributed by atoms with van der Waals surface area (Å²) in [4.78, 5) is 15.4. The molecule has 4 aromatic rings. The number of rotatable bonds is 3. The van der Waals surface area contributed by atoms with E-state index in [0.29, 0.717) is 4.99 Å². The van der Waals surface area contributed by atoms with Crippen LogP contribution >= 0.6 is 24.0 Å². The zero-order valence-electron chi connectivity index (χ0n) is 15.1. The lowest BCUT2D eigenvalue weighted by molar-refractivity contribution is 0.268. The number of anilines is 1. The Labute approximate surface area is 176 Å². The van der Waals surface area contributed by atoms with Crippen LogP contribution in [0.3, 0.4) is 0 Å². The van der Waals surface area contributed by atoms with E-state index in [4.69, 9.17) is 16.7 Å². The van der Waals surface area contributed by atoms with Crippen LogP contribution in [0, 0.1) is 0 Å². The highest BCUT2D eigenvalue weighted by molar-refractivity contribution is 8.20. The largest absolute Gasteiger partial charge is 0.355 e. The van der Waals surface area contributed by atoms with Crippen LogP contribution in [0.5, 0.6) is 0 Å². The molecule has 1 amide bonds. The molecule has 1 aliphatic heterocycles. The molecule has 6 heteroatoms. The van der Waals surface area contributed by atoms with Crippen LogP contribution in [0.1, 0.15) is 5.56 Å². The summed E-state index contributed by atoms with van der Waals surface area (Å²) in [5, 5.41) is 4.99. The Bertz CT molecular complexity index is 1260. The van der Waals surface area contributed by atoms with Gasteiger partial charge in [0, 0.05) is 5.56 Å². The van der Waals surface area contributed by atoms with Gasteiger partial charge in [-0.1, -0.05) is 72.0 Å². The number of nitrogens with zero attached hydrogens (tertiary/aromatic N) is 2. The molecule has 0 atom stereocenters. The summed E-state index contributed by atoms with van der Waals surface area (Å²) in [6.07, 6.45) is 1.94. The van der Waals surface area contributed by atoms with Gasteiger partial charge >= 0.3 is 0 Å². The Hall–Kier alpha value is -3.22. The second kappa shape index (κ2) is 7.31. The second-order valence-corrected chi connectivity index (χ2v) is 7.89. The highest BCUT2D eigenvalue weighted by atomic mass is 32.2. The van der Waals surface area contributed by atoms with Crippen molar-refractivity contribution in [1.29, 1.82) is 0 Å². The highest BCUT2D eigenvalue weighted by Gasteiger charge is 2.32. The summed E-state index contributed by atoms with van der Waals surface area (Å²) in [5.74, 6) is 0.726. The van der Waals surface area contributed by atoms with Crippen LogP contribution < -0.4 is 4.90 Å². The zero-order chi connectivity index (χ0) is 19.8. The fraction of sp³-hybridized carbons (Fsp3) is 0. The Balaban J connectivity index is 1.52. The molecular formula is C23H14N2O2S2. The van der Waals surface area contributed by atoms with Gasteiger partial charge in [0.15, 0.2) is 5.76 Å². The molecule has 0 N–H and O–H groups in total. The summed E-state index contributed by atoms with van der Waals surface area (Å²) < 4.78 is 5.58. The predicted molar refractivity (Wildman–Crippen MR) is 122 cm³/mol. The third-order valence-corrected chi connectivity index (χ3v) is 6.06. The molecule has 29 heavy (non-hydrogen) atoms. The summed E-state index contributed by atoms with van der Waals surface area (Å²) in [5.41, 5.74) is 3.47. The average molecular weight is 415 g/mol. The lowest BCUT2D eigenvalue weighted by Gasteiger charge is -2.14. The average Bonchev–Trinajstić information content (AvgIpc) is 3.29. The molecule has 0 spiro atoms. The fourth-order valence-electron chi connectivity index (χ4n) is 3.27. The van der Waals surface area contributed by atoms with Gasteiger partial charge in [0.2, 0.25) is 0 Å².